The number of carbonyl (C=O) groups excluding carboxylic acids is 2. The van der Waals surface area contributed by atoms with Crippen LogP contribution >= 0.6 is 0 Å². The van der Waals surface area contributed by atoms with Crippen molar-refractivity contribution in [2.45, 2.75) is 0 Å². The summed E-state index contributed by atoms with van der Waals surface area (Å²) in [6.45, 7) is 0. The van der Waals surface area contributed by atoms with E-state index in [2.05, 4.69) is 20.4 Å². The molecule has 0 aliphatic carbocycles. The summed E-state index contributed by atoms with van der Waals surface area (Å²) in [5, 5.41) is 17.2. The lowest BCUT2D eigenvalue weighted by Gasteiger charge is -1.98. The minimum Gasteiger partial charge on any atom is -1.00 e. The summed E-state index contributed by atoms with van der Waals surface area (Å²) in [5.74, 6) is -1.45. The van der Waals surface area contributed by atoms with Gasteiger partial charge in [-0.15, -0.1) is 20.4 Å². The number of rotatable bonds is 5. The lowest BCUT2D eigenvalue weighted by Crippen LogP contribution is -3.00. The van der Waals surface area contributed by atoms with E-state index in [9.17, 15) is 9.59 Å². The zero-order valence-corrected chi connectivity index (χ0v) is 17.2. The molecule has 0 atom stereocenters. The van der Waals surface area contributed by atoms with Crippen molar-refractivity contribution >= 4 is 11.9 Å². The van der Waals surface area contributed by atoms with E-state index in [-0.39, 0.29) is 35.2 Å². The van der Waals surface area contributed by atoms with Crippen LogP contribution in [-0.2, 0) is 9.47 Å². The zero-order valence-electron chi connectivity index (χ0n) is 16.5. The first-order valence-corrected chi connectivity index (χ1v) is 8.85. The molecule has 0 saturated heterocycles. The highest BCUT2D eigenvalue weighted by Crippen LogP contribution is 2.25. The minimum absolute atomic E-state index is 0. The average molecular weight is 440 g/mol. The Balaban J connectivity index is 0.00000272. The van der Waals surface area contributed by atoms with Crippen molar-refractivity contribution in [2.24, 2.45) is 0 Å². The van der Waals surface area contributed by atoms with Crippen molar-refractivity contribution in [1.82, 2.24) is 30.0 Å². The molecule has 4 rings (SSSR count). The number of benzene rings is 2. The van der Waals surface area contributed by atoms with E-state index in [4.69, 9.17) is 9.47 Å². The van der Waals surface area contributed by atoms with Crippen LogP contribution in [-0.4, -0.2) is 56.1 Å². The van der Waals surface area contributed by atoms with Crippen LogP contribution in [0.1, 0.15) is 21.0 Å². The fourth-order valence-electron chi connectivity index (χ4n) is 2.75. The number of methoxy groups -OCH3 is 2. The second kappa shape index (κ2) is 9.18. The van der Waals surface area contributed by atoms with Gasteiger partial charge in [0.2, 0.25) is 11.4 Å². The van der Waals surface area contributed by atoms with Gasteiger partial charge >= 0.3 is 11.9 Å². The molecule has 31 heavy (non-hydrogen) atoms. The number of halogens is 1. The Morgan fingerprint density at radius 1 is 0.645 bits per heavy atom. The normalized spacial score (nSPS) is 10.3. The molecule has 0 unspecified atom stereocenters. The second-order valence-corrected chi connectivity index (χ2v) is 6.03. The van der Waals surface area contributed by atoms with E-state index in [0.717, 1.165) is 0 Å². The molecule has 0 amide bonds. The summed E-state index contributed by atoms with van der Waals surface area (Å²) in [6, 6.07) is 18.0. The molecule has 0 aliphatic heterocycles. The molecule has 2 aromatic heterocycles. The number of hydrogen-bond acceptors (Lipinski definition) is 8. The van der Waals surface area contributed by atoms with Crippen molar-refractivity contribution < 1.29 is 31.5 Å². The molecule has 2 heterocycles. The lowest BCUT2D eigenvalue weighted by atomic mass is 10.2. The summed E-state index contributed by atoms with van der Waals surface area (Å²) in [7, 11) is 2.46. The summed E-state index contributed by atoms with van der Waals surface area (Å²) in [4.78, 5) is 27.3. The molecule has 0 aliphatic rings. The summed E-state index contributed by atoms with van der Waals surface area (Å²) >= 11 is 0. The SMILES string of the molecule is COC(=O)c1nn(-c2ccccc2)nc1-c1nn(-c2ccccc2)nc1C(=O)OC.[Cl-]. The molecule has 0 N–H and O–H groups in total. The molecule has 0 bridgehead atoms. The van der Waals surface area contributed by atoms with Crippen LogP contribution in [0.5, 0.6) is 0 Å². The fourth-order valence-corrected chi connectivity index (χ4v) is 2.75. The summed E-state index contributed by atoms with van der Waals surface area (Å²) in [6.07, 6.45) is 0. The number of aromatic nitrogens is 6. The Kier molecular flexibility index (Phi) is 6.41. The molecular formula is C20H16ClN6O4-. The van der Waals surface area contributed by atoms with Gasteiger partial charge in [-0.05, 0) is 24.3 Å². The number of esters is 2. The molecule has 11 heteroatoms. The standard InChI is InChI=1S/C20H16N6O4.ClH/c1-29-19(27)17-15(21-25(23-17)13-9-5-3-6-10-13)16-18(20(28)30-2)24-26(22-16)14-11-7-4-8-12-14;/h3-12H,1-2H3;1H/p-1. The third-order valence-electron chi connectivity index (χ3n) is 4.18. The van der Waals surface area contributed by atoms with Crippen LogP contribution in [0.15, 0.2) is 60.7 Å². The molecule has 10 nitrogen and oxygen atoms in total. The van der Waals surface area contributed by atoms with E-state index in [1.807, 2.05) is 36.4 Å². The van der Waals surface area contributed by atoms with Gasteiger partial charge in [0, 0.05) is 0 Å². The highest BCUT2D eigenvalue weighted by molar-refractivity contribution is 5.98. The summed E-state index contributed by atoms with van der Waals surface area (Å²) < 4.78 is 9.68. The molecular weight excluding hydrogens is 424 g/mol. The van der Waals surface area contributed by atoms with Gasteiger partial charge in [-0.1, -0.05) is 36.4 Å². The van der Waals surface area contributed by atoms with Gasteiger partial charge in [0.15, 0.2) is 11.4 Å². The van der Waals surface area contributed by atoms with Crippen LogP contribution in [0.4, 0.5) is 0 Å². The third-order valence-corrected chi connectivity index (χ3v) is 4.18. The fraction of sp³-hybridized carbons (Fsp3) is 0.100. The molecule has 0 radical (unpaired) electrons. The van der Waals surface area contributed by atoms with Crippen molar-refractivity contribution in [3.05, 3.63) is 72.1 Å². The Hall–Kier alpha value is -4.05. The highest BCUT2D eigenvalue weighted by Gasteiger charge is 2.30. The summed E-state index contributed by atoms with van der Waals surface area (Å²) in [5.41, 5.74) is 1.12. The Labute approximate surface area is 182 Å². The van der Waals surface area contributed by atoms with E-state index >= 15 is 0 Å². The first-order valence-electron chi connectivity index (χ1n) is 8.85. The van der Waals surface area contributed by atoms with Crippen LogP contribution in [0.2, 0.25) is 0 Å². The van der Waals surface area contributed by atoms with Gasteiger partial charge in [-0.2, -0.15) is 9.59 Å². The van der Waals surface area contributed by atoms with E-state index < -0.39 is 11.9 Å². The molecule has 0 spiro atoms. The van der Waals surface area contributed by atoms with Crippen molar-refractivity contribution in [2.75, 3.05) is 14.2 Å². The van der Waals surface area contributed by atoms with E-state index in [1.54, 1.807) is 24.3 Å². The van der Waals surface area contributed by atoms with Crippen LogP contribution < -0.4 is 12.4 Å². The molecule has 0 fully saturated rings. The van der Waals surface area contributed by atoms with Gasteiger partial charge in [0.1, 0.15) is 0 Å². The molecule has 2 aromatic carbocycles. The number of ether oxygens (including phenoxy) is 2. The predicted octanol–water partition coefficient (Wildman–Crippen LogP) is -0.908. The largest absolute Gasteiger partial charge is 1.00 e. The molecule has 4 aromatic rings. The number of para-hydroxylation sites is 2. The molecule has 158 valence electrons. The maximum absolute atomic E-state index is 12.4. The van der Waals surface area contributed by atoms with Crippen molar-refractivity contribution in [1.29, 1.82) is 0 Å². The molecule has 0 saturated carbocycles. The number of hydrogen-bond donors (Lipinski definition) is 0. The highest BCUT2D eigenvalue weighted by atomic mass is 35.5. The van der Waals surface area contributed by atoms with Gasteiger partial charge in [0.25, 0.3) is 0 Å². The maximum atomic E-state index is 12.4. The van der Waals surface area contributed by atoms with Gasteiger partial charge < -0.3 is 21.9 Å². The van der Waals surface area contributed by atoms with Crippen molar-refractivity contribution in [3.63, 3.8) is 0 Å². The monoisotopic (exact) mass is 439 g/mol. The Morgan fingerprint density at radius 2 is 1.00 bits per heavy atom. The maximum Gasteiger partial charge on any atom is 0.361 e. The van der Waals surface area contributed by atoms with Crippen molar-refractivity contribution in [3.8, 4) is 22.8 Å². The van der Waals surface area contributed by atoms with Crippen LogP contribution in [0.3, 0.4) is 0 Å². The van der Waals surface area contributed by atoms with E-state index in [0.29, 0.717) is 11.4 Å². The van der Waals surface area contributed by atoms with Gasteiger partial charge in [-0.3, -0.25) is 0 Å². The number of nitrogens with zero attached hydrogens (tertiary/aromatic N) is 6. The Morgan fingerprint density at radius 3 is 1.32 bits per heavy atom. The quantitative estimate of drug-likeness (QED) is 0.367. The van der Waals surface area contributed by atoms with Crippen LogP contribution in [0.25, 0.3) is 22.8 Å². The predicted molar refractivity (Wildman–Crippen MR) is 104 cm³/mol. The van der Waals surface area contributed by atoms with Gasteiger partial charge in [0.05, 0.1) is 25.6 Å². The third kappa shape index (κ3) is 4.14. The topological polar surface area (TPSA) is 114 Å². The van der Waals surface area contributed by atoms with Crippen LogP contribution in [0, 0.1) is 0 Å². The smallest absolute Gasteiger partial charge is 0.361 e. The lowest BCUT2D eigenvalue weighted by molar-refractivity contribution is -0.0000349. The Bertz CT molecular complexity index is 1110. The average Bonchev–Trinajstić information content (AvgIpc) is 3.44. The zero-order chi connectivity index (χ0) is 21.1. The number of carbonyl (C=O) groups is 2. The van der Waals surface area contributed by atoms with Gasteiger partial charge in [-0.25, -0.2) is 9.59 Å². The first kappa shape index (κ1) is 21.7. The second-order valence-electron chi connectivity index (χ2n) is 6.03. The van der Waals surface area contributed by atoms with E-state index in [1.165, 1.54) is 23.8 Å². The minimum atomic E-state index is -0.725. The first-order chi connectivity index (χ1) is 14.6.